The van der Waals surface area contributed by atoms with Crippen molar-refractivity contribution in [3.63, 3.8) is 0 Å². The smallest absolute Gasteiger partial charge is 0.335 e. The summed E-state index contributed by atoms with van der Waals surface area (Å²) in [5.74, 6) is 0.0423. The molecule has 27 heavy (non-hydrogen) atoms. The number of thiazole rings is 1. The molecule has 2 aromatic carbocycles. The Balaban J connectivity index is 1.70. The summed E-state index contributed by atoms with van der Waals surface area (Å²) in [6.07, 6.45) is 3.63. The lowest BCUT2D eigenvalue weighted by molar-refractivity contribution is 0.0697. The monoisotopic (exact) mass is 378 g/mol. The number of fused-ring (bicyclic) bond motifs is 1. The topological polar surface area (TPSA) is 91.8 Å². The van der Waals surface area contributed by atoms with Crippen LogP contribution in [0.3, 0.4) is 0 Å². The Hall–Kier alpha value is -3.06. The molecule has 4 rings (SSSR count). The predicted octanol–water partition coefficient (Wildman–Crippen LogP) is 4.71. The molecule has 0 bridgehead atoms. The summed E-state index contributed by atoms with van der Waals surface area (Å²) < 4.78 is 1.10. The fourth-order valence-electron chi connectivity index (χ4n) is 3.16. The summed E-state index contributed by atoms with van der Waals surface area (Å²) in [5.41, 5.74) is 3.31. The van der Waals surface area contributed by atoms with E-state index < -0.39 is 5.97 Å². The van der Waals surface area contributed by atoms with E-state index in [1.54, 1.807) is 41.9 Å². The summed E-state index contributed by atoms with van der Waals surface area (Å²) in [5, 5.41) is 17.0. The fraction of sp³-hybridized carbons (Fsp3) is 0.200. The van der Waals surface area contributed by atoms with Crippen LogP contribution in [-0.2, 0) is 0 Å². The van der Waals surface area contributed by atoms with Crippen LogP contribution in [0.5, 0.6) is 0 Å². The van der Waals surface area contributed by atoms with Crippen molar-refractivity contribution < 1.29 is 9.90 Å². The standard InChI is InChI=1S/C20H18N4O2S/c1-2-3-15(18-21-11-22-24-18)14-8-9-16-17(10-14)27-19(23-16)12-4-6-13(7-5-12)20(25)26/h4-11,15H,2-3H2,1H3,(H,25,26)(H,21,22,24). The fourth-order valence-corrected chi connectivity index (χ4v) is 4.18. The van der Waals surface area contributed by atoms with Crippen LogP contribution >= 0.6 is 11.3 Å². The van der Waals surface area contributed by atoms with Crippen LogP contribution in [-0.4, -0.2) is 31.2 Å². The minimum atomic E-state index is -0.926. The molecule has 0 aliphatic rings. The Morgan fingerprint density at radius 1 is 1.22 bits per heavy atom. The number of nitrogens with zero attached hydrogens (tertiary/aromatic N) is 3. The van der Waals surface area contributed by atoms with E-state index >= 15 is 0 Å². The maximum Gasteiger partial charge on any atom is 0.335 e. The van der Waals surface area contributed by atoms with Crippen LogP contribution < -0.4 is 0 Å². The van der Waals surface area contributed by atoms with Gasteiger partial charge in [-0.15, -0.1) is 11.3 Å². The van der Waals surface area contributed by atoms with Gasteiger partial charge in [0.25, 0.3) is 0 Å². The summed E-state index contributed by atoms with van der Waals surface area (Å²) in [6, 6.07) is 13.1. The summed E-state index contributed by atoms with van der Waals surface area (Å²) in [4.78, 5) is 20.1. The molecule has 6 nitrogen and oxygen atoms in total. The molecule has 0 aliphatic carbocycles. The number of hydrogen-bond donors (Lipinski definition) is 2. The van der Waals surface area contributed by atoms with Crippen LogP contribution in [0.4, 0.5) is 0 Å². The molecule has 1 unspecified atom stereocenters. The van der Waals surface area contributed by atoms with Crippen LogP contribution in [0.25, 0.3) is 20.8 Å². The number of carbonyl (C=O) groups is 1. The van der Waals surface area contributed by atoms with Crippen molar-refractivity contribution in [1.29, 1.82) is 0 Å². The van der Waals surface area contributed by atoms with Gasteiger partial charge in [-0.2, -0.15) is 5.10 Å². The first-order valence-corrected chi connectivity index (χ1v) is 9.57. The second-order valence-corrected chi connectivity index (χ2v) is 7.36. The van der Waals surface area contributed by atoms with Crippen LogP contribution in [0.2, 0.25) is 0 Å². The number of H-pyrrole nitrogens is 1. The highest BCUT2D eigenvalue weighted by Gasteiger charge is 2.18. The SMILES string of the molecule is CCCC(c1ccc2nc(-c3ccc(C(=O)O)cc3)sc2c1)c1nc[nH]n1. The lowest BCUT2D eigenvalue weighted by Crippen LogP contribution is -2.03. The summed E-state index contributed by atoms with van der Waals surface area (Å²) in [7, 11) is 0. The molecular weight excluding hydrogens is 360 g/mol. The normalized spacial score (nSPS) is 12.3. The number of nitrogens with one attached hydrogen (secondary N) is 1. The molecule has 2 N–H and O–H groups in total. The minimum Gasteiger partial charge on any atom is -0.478 e. The second-order valence-electron chi connectivity index (χ2n) is 6.33. The number of aromatic nitrogens is 4. The molecule has 0 spiro atoms. The number of carboxylic acid groups (broad SMARTS) is 1. The number of carboxylic acids is 1. The Bertz CT molecular complexity index is 1070. The quantitative estimate of drug-likeness (QED) is 0.507. The number of rotatable bonds is 6. The van der Waals surface area contributed by atoms with Crippen LogP contribution in [0, 0.1) is 0 Å². The summed E-state index contributed by atoms with van der Waals surface area (Å²) in [6.45, 7) is 2.16. The van der Waals surface area contributed by atoms with E-state index in [2.05, 4.69) is 34.2 Å². The van der Waals surface area contributed by atoms with Gasteiger partial charge < -0.3 is 5.11 Å². The van der Waals surface area contributed by atoms with Crippen molar-refractivity contribution in [2.45, 2.75) is 25.7 Å². The molecule has 0 amide bonds. The van der Waals surface area contributed by atoms with Crippen molar-refractivity contribution in [2.24, 2.45) is 0 Å². The average Bonchev–Trinajstić information content (AvgIpc) is 3.35. The second kappa shape index (κ2) is 7.28. The molecule has 1 atom stereocenters. The number of hydrogen-bond acceptors (Lipinski definition) is 5. The molecule has 0 saturated carbocycles. The zero-order valence-corrected chi connectivity index (χ0v) is 15.5. The maximum absolute atomic E-state index is 11.0. The van der Waals surface area contributed by atoms with Crippen molar-refractivity contribution >= 4 is 27.5 Å². The molecule has 0 fully saturated rings. The first-order chi connectivity index (χ1) is 13.2. The van der Waals surface area contributed by atoms with Gasteiger partial charge in [0.15, 0.2) is 5.82 Å². The third-order valence-electron chi connectivity index (χ3n) is 4.52. The first kappa shape index (κ1) is 17.4. The van der Waals surface area contributed by atoms with Gasteiger partial charge in [-0.25, -0.2) is 14.8 Å². The Kier molecular flexibility index (Phi) is 4.68. The van der Waals surface area contributed by atoms with Gasteiger partial charge in [0.05, 0.1) is 15.8 Å². The number of aromatic carboxylic acids is 1. The number of benzene rings is 2. The van der Waals surface area contributed by atoms with Crippen LogP contribution in [0.15, 0.2) is 48.8 Å². The molecule has 4 aromatic rings. The zero-order chi connectivity index (χ0) is 18.8. The lowest BCUT2D eigenvalue weighted by Gasteiger charge is -2.12. The predicted molar refractivity (Wildman–Crippen MR) is 105 cm³/mol. The summed E-state index contributed by atoms with van der Waals surface area (Å²) >= 11 is 1.60. The Labute approximate surface area is 159 Å². The van der Waals surface area contributed by atoms with Crippen molar-refractivity contribution in [3.8, 4) is 10.6 Å². The van der Waals surface area contributed by atoms with Gasteiger partial charge in [0.2, 0.25) is 0 Å². The molecule has 0 aliphatic heterocycles. The van der Waals surface area contributed by atoms with Gasteiger partial charge in [-0.3, -0.25) is 5.10 Å². The van der Waals surface area contributed by atoms with Gasteiger partial charge in [0, 0.05) is 11.5 Å². The van der Waals surface area contributed by atoms with Crippen LogP contribution in [0.1, 0.15) is 47.4 Å². The van der Waals surface area contributed by atoms with E-state index in [0.29, 0.717) is 0 Å². The maximum atomic E-state index is 11.0. The molecular formula is C20H18N4O2S. The lowest BCUT2D eigenvalue weighted by atomic mass is 9.94. The molecule has 2 heterocycles. The highest BCUT2D eigenvalue weighted by molar-refractivity contribution is 7.21. The van der Waals surface area contributed by atoms with E-state index in [1.807, 2.05) is 6.07 Å². The van der Waals surface area contributed by atoms with E-state index in [-0.39, 0.29) is 11.5 Å². The van der Waals surface area contributed by atoms with Crippen molar-refractivity contribution in [1.82, 2.24) is 20.2 Å². The molecule has 136 valence electrons. The minimum absolute atomic E-state index is 0.158. The van der Waals surface area contributed by atoms with E-state index in [9.17, 15) is 4.79 Å². The number of aromatic amines is 1. The molecule has 0 radical (unpaired) electrons. The Morgan fingerprint density at radius 2 is 2.04 bits per heavy atom. The van der Waals surface area contributed by atoms with Crippen molar-refractivity contribution in [3.05, 3.63) is 65.7 Å². The Morgan fingerprint density at radius 3 is 2.70 bits per heavy atom. The molecule has 2 aromatic heterocycles. The van der Waals surface area contributed by atoms with E-state index in [0.717, 1.165) is 39.5 Å². The first-order valence-electron chi connectivity index (χ1n) is 8.75. The largest absolute Gasteiger partial charge is 0.478 e. The van der Waals surface area contributed by atoms with E-state index in [4.69, 9.17) is 10.1 Å². The van der Waals surface area contributed by atoms with Gasteiger partial charge in [-0.05, 0) is 36.2 Å². The van der Waals surface area contributed by atoms with Gasteiger partial charge in [0.1, 0.15) is 11.3 Å². The van der Waals surface area contributed by atoms with Gasteiger partial charge in [-0.1, -0.05) is 31.5 Å². The third-order valence-corrected chi connectivity index (χ3v) is 5.58. The van der Waals surface area contributed by atoms with Gasteiger partial charge >= 0.3 is 5.97 Å². The zero-order valence-electron chi connectivity index (χ0n) is 14.7. The average molecular weight is 378 g/mol. The highest BCUT2D eigenvalue weighted by atomic mass is 32.1. The van der Waals surface area contributed by atoms with E-state index in [1.165, 1.54) is 5.56 Å². The highest BCUT2D eigenvalue weighted by Crippen LogP contribution is 2.34. The third kappa shape index (κ3) is 3.46. The molecule has 7 heteroatoms. The molecule has 0 saturated heterocycles. The van der Waals surface area contributed by atoms with Crippen molar-refractivity contribution in [2.75, 3.05) is 0 Å².